The Morgan fingerprint density at radius 1 is 1.07 bits per heavy atom. The summed E-state index contributed by atoms with van der Waals surface area (Å²) in [5.74, 6) is -0.0581. The number of hydrogen-bond acceptors (Lipinski definition) is 4. The highest BCUT2D eigenvalue weighted by Gasteiger charge is 2.49. The van der Waals surface area contributed by atoms with Crippen molar-refractivity contribution >= 4 is 35.2 Å². The molecule has 4 unspecified atom stereocenters. The van der Waals surface area contributed by atoms with Gasteiger partial charge in [0.05, 0.1) is 0 Å². The van der Waals surface area contributed by atoms with Crippen LogP contribution in [-0.4, -0.2) is 53.0 Å². The van der Waals surface area contributed by atoms with Crippen LogP contribution in [-0.2, 0) is 19.2 Å². The molecule has 0 radical (unpaired) electrons. The Hall–Kier alpha value is -1.63. The smallest absolute Gasteiger partial charge is 0.249 e. The molecule has 0 bridgehead atoms. The van der Waals surface area contributed by atoms with Crippen molar-refractivity contribution in [3.63, 3.8) is 0 Å². The van der Waals surface area contributed by atoms with Crippen LogP contribution in [0, 0.1) is 23.7 Å². The van der Waals surface area contributed by atoms with Gasteiger partial charge in [0.2, 0.25) is 23.6 Å². The number of fused-ring (bicyclic) bond motifs is 1. The minimum atomic E-state index is -0.535. The van der Waals surface area contributed by atoms with Crippen LogP contribution in [0.4, 0.5) is 0 Å². The quantitative estimate of drug-likeness (QED) is 0.530. The Morgan fingerprint density at radius 3 is 2.55 bits per heavy atom. The van der Waals surface area contributed by atoms with Gasteiger partial charge in [0, 0.05) is 36.7 Å². The van der Waals surface area contributed by atoms with Gasteiger partial charge in [-0.3, -0.25) is 24.5 Å². The zero-order valence-corrected chi connectivity index (χ0v) is 17.5. The lowest BCUT2D eigenvalue weighted by atomic mass is 9.73. The number of piperidine rings is 1. The molecule has 2 N–H and O–H groups in total. The highest BCUT2D eigenvalue weighted by molar-refractivity contribution is 6.20. The summed E-state index contributed by atoms with van der Waals surface area (Å²) < 4.78 is 0. The lowest BCUT2D eigenvalue weighted by Crippen LogP contribution is -2.53. The molecule has 4 fully saturated rings. The van der Waals surface area contributed by atoms with Crippen LogP contribution in [0.3, 0.4) is 0 Å². The van der Waals surface area contributed by atoms with Gasteiger partial charge in [-0.25, -0.2) is 0 Å². The van der Waals surface area contributed by atoms with E-state index in [1.807, 2.05) is 0 Å². The number of imide groups is 1. The van der Waals surface area contributed by atoms with Crippen molar-refractivity contribution in [2.45, 2.75) is 69.2 Å². The number of likely N-dealkylation sites (tertiary alicyclic amines) is 1. The van der Waals surface area contributed by atoms with E-state index in [0.717, 1.165) is 44.9 Å². The molecule has 2 aliphatic carbocycles. The summed E-state index contributed by atoms with van der Waals surface area (Å²) in [5.41, 5.74) is 0. The van der Waals surface area contributed by atoms with Gasteiger partial charge in [-0.15, -0.1) is 11.6 Å². The number of nitrogens with one attached hydrogen (secondary N) is 2. The van der Waals surface area contributed by atoms with E-state index in [1.165, 1.54) is 0 Å². The first-order valence-electron chi connectivity index (χ1n) is 11.0. The molecule has 2 saturated carbocycles. The predicted octanol–water partition coefficient (Wildman–Crippen LogP) is 1.58. The maximum Gasteiger partial charge on any atom is 0.249 e. The summed E-state index contributed by atoms with van der Waals surface area (Å²) in [7, 11) is 0. The molecule has 29 heavy (non-hydrogen) atoms. The minimum absolute atomic E-state index is 0.0426. The molecular formula is C21H30ClN3O4. The predicted molar refractivity (Wildman–Crippen MR) is 107 cm³/mol. The first kappa shape index (κ1) is 20.6. The number of carbonyl (C=O) groups is 4. The number of nitrogens with zero attached hydrogens (tertiary/aromatic N) is 1. The van der Waals surface area contributed by atoms with Crippen molar-refractivity contribution in [3.05, 3.63) is 0 Å². The van der Waals surface area contributed by atoms with E-state index in [-0.39, 0.29) is 59.1 Å². The number of carbonyl (C=O) groups excluding carboxylic acids is 4. The summed E-state index contributed by atoms with van der Waals surface area (Å²) >= 11 is 6.14. The molecule has 4 amide bonds. The summed E-state index contributed by atoms with van der Waals surface area (Å²) in [6, 6.07) is -0.535. The zero-order chi connectivity index (χ0) is 20.5. The van der Waals surface area contributed by atoms with Crippen LogP contribution in [0.15, 0.2) is 0 Å². The van der Waals surface area contributed by atoms with Gasteiger partial charge < -0.3 is 10.2 Å². The first-order chi connectivity index (χ1) is 13.9. The third-order valence-corrected chi connectivity index (χ3v) is 7.81. The summed E-state index contributed by atoms with van der Waals surface area (Å²) in [6.07, 6.45) is 6.96. The van der Waals surface area contributed by atoms with Crippen LogP contribution < -0.4 is 10.6 Å². The number of rotatable bonds is 4. The molecule has 2 aliphatic heterocycles. The van der Waals surface area contributed by atoms with Crippen LogP contribution in [0.5, 0.6) is 0 Å². The first-order valence-corrected chi connectivity index (χ1v) is 11.4. The second kappa shape index (κ2) is 8.62. The molecule has 8 heteroatoms. The van der Waals surface area contributed by atoms with Gasteiger partial charge in [0.15, 0.2) is 0 Å². The number of hydrogen-bond donors (Lipinski definition) is 2. The van der Waals surface area contributed by atoms with E-state index in [2.05, 4.69) is 10.6 Å². The van der Waals surface area contributed by atoms with E-state index in [4.69, 9.17) is 11.6 Å². The Bertz CT molecular complexity index is 691. The minimum Gasteiger partial charge on any atom is -0.356 e. The fraction of sp³-hybridized carbons (Fsp3) is 0.810. The molecule has 0 aromatic rings. The van der Waals surface area contributed by atoms with Gasteiger partial charge >= 0.3 is 0 Å². The average molecular weight is 424 g/mol. The standard InChI is InChI=1S/C21H30ClN3O4/c22-14-6-4-12(5-7-14)19(27)23-10-13-2-1-3-15-16(13)11-25(21(15)29)17-8-9-18(26)24-20(17)28/h12-17H,1-11H2,(H,23,27)(H,24,26,28). The maximum atomic E-state index is 13.0. The Kier molecular flexibility index (Phi) is 6.13. The summed E-state index contributed by atoms with van der Waals surface area (Å²) in [5, 5.41) is 5.69. The largest absolute Gasteiger partial charge is 0.356 e. The number of amides is 4. The average Bonchev–Trinajstić information content (AvgIpc) is 3.04. The van der Waals surface area contributed by atoms with E-state index < -0.39 is 6.04 Å². The van der Waals surface area contributed by atoms with E-state index in [0.29, 0.717) is 19.5 Å². The topological polar surface area (TPSA) is 95.6 Å². The van der Waals surface area contributed by atoms with E-state index >= 15 is 0 Å². The Balaban J connectivity index is 1.35. The summed E-state index contributed by atoms with van der Waals surface area (Å²) in [4.78, 5) is 50.9. The molecule has 4 rings (SSSR count). The van der Waals surface area contributed by atoms with Crippen molar-refractivity contribution in [1.29, 1.82) is 0 Å². The van der Waals surface area contributed by atoms with Crippen LogP contribution in [0.1, 0.15) is 57.8 Å². The monoisotopic (exact) mass is 423 g/mol. The molecule has 160 valence electrons. The highest BCUT2D eigenvalue weighted by atomic mass is 35.5. The SMILES string of the molecule is O=C1CCC(N2CC3C(CNC(=O)C4CCC(Cl)CC4)CCCC3C2=O)C(=O)N1. The third kappa shape index (κ3) is 4.30. The van der Waals surface area contributed by atoms with Crippen molar-refractivity contribution < 1.29 is 19.2 Å². The molecule has 7 nitrogen and oxygen atoms in total. The van der Waals surface area contributed by atoms with Gasteiger partial charge in [0.25, 0.3) is 0 Å². The molecular weight excluding hydrogens is 394 g/mol. The van der Waals surface area contributed by atoms with Crippen molar-refractivity contribution in [3.8, 4) is 0 Å². The van der Waals surface area contributed by atoms with Gasteiger partial charge in [0.1, 0.15) is 6.04 Å². The molecule has 2 heterocycles. The second-order valence-electron chi connectivity index (χ2n) is 9.11. The second-order valence-corrected chi connectivity index (χ2v) is 9.73. The van der Waals surface area contributed by atoms with Gasteiger partial charge in [-0.1, -0.05) is 6.42 Å². The molecule has 0 aromatic heterocycles. The molecule has 0 spiro atoms. The zero-order valence-electron chi connectivity index (χ0n) is 16.7. The maximum absolute atomic E-state index is 13.0. The third-order valence-electron chi connectivity index (χ3n) is 7.37. The Labute approximate surface area is 176 Å². The molecule has 4 atom stereocenters. The van der Waals surface area contributed by atoms with Crippen molar-refractivity contribution in [2.24, 2.45) is 23.7 Å². The fourth-order valence-electron chi connectivity index (χ4n) is 5.67. The van der Waals surface area contributed by atoms with Crippen LogP contribution in [0.25, 0.3) is 0 Å². The normalized spacial score (nSPS) is 37.8. The van der Waals surface area contributed by atoms with Gasteiger partial charge in [-0.05, 0) is 56.8 Å². The highest BCUT2D eigenvalue weighted by Crippen LogP contribution is 2.42. The van der Waals surface area contributed by atoms with Crippen molar-refractivity contribution in [1.82, 2.24) is 15.5 Å². The number of halogens is 1. The molecule has 4 aliphatic rings. The number of alkyl halides is 1. The lowest BCUT2D eigenvalue weighted by molar-refractivity contribution is -0.144. The fourth-order valence-corrected chi connectivity index (χ4v) is 5.93. The van der Waals surface area contributed by atoms with Gasteiger partial charge in [-0.2, -0.15) is 0 Å². The summed E-state index contributed by atoms with van der Waals surface area (Å²) in [6.45, 7) is 1.14. The molecule has 0 aromatic carbocycles. The Morgan fingerprint density at radius 2 is 1.83 bits per heavy atom. The van der Waals surface area contributed by atoms with E-state index in [1.54, 1.807) is 4.90 Å². The van der Waals surface area contributed by atoms with Crippen LogP contribution >= 0.6 is 11.6 Å². The molecule has 2 saturated heterocycles. The van der Waals surface area contributed by atoms with Crippen molar-refractivity contribution in [2.75, 3.05) is 13.1 Å². The lowest BCUT2D eigenvalue weighted by Gasteiger charge is -2.33. The van der Waals surface area contributed by atoms with Crippen LogP contribution in [0.2, 0.25) is 0 Å². The van der Waals surface area contributed by atoms with E-state index in [9.17, 15) is 19.2 Å².